The molecule has 5 nitrogen and oxygen atoms in total. The first-order valence-electron chi connectivity index (χ1n) is 6.52. The number of hydrogen-bond acceptors (Lipinski definition) is 3. The van der Waals surface area contributed by atoms with Gasteiger partial charge in [0.2, 0.25) is 5.91 Å². The number of carbonyl (C=O) groups excluding carboxylic acids is 2. The van der Waals surface area contributed by atoms with Gasteiger partial charge in [0.05, 0.1) is 5.56 Å². The highest BCUT2D eigenvalue weighted by atomic mass is 16.2. The van der Waals surface area contributed by atoms with Gasteiger partial charge in [0.15, 0.2) is 0 Å². The average Bonchev–Trinajstić information content (AvgIpc) is 2.48. The summed E-state index contributed by atoms with van der Waals surface area (Å²) < 4.78 is 0. The zero-order chi connectivity index (χ0) is 15.4. The zero-order valence-electron chi connectivity index (χ0n) is 11.9. The Hall–Kier alpha value is -2.82. The molecular weight excluding hydrogens is 266 g/mol. The number of para-hydroxylation sites is 1. The van der Waals surface area contributed by atoms with E-state index in [9.17, 15) is 9.59 Å². The highest BCUT2D eigenvalue weighted by molar-refractivity contribution is 6.09. The van der Waals surface area contributed by atoms with Crippen molar-refractivity contribution in [1.29, 1.82) is 0 Å². The number of benzene rings is 2. The summed E-state index contributed by atoms with van der Waals surface area (Å²) in [7, 11) is 1.76. The number of nitrogens with two attached hydrogens (primary N) is 1. The second kappa shape index (κ2) is 6.09. The molecule has 0 heterocycles. The summed E-state index contributed by atoms with van der Waals surface area (Å²) >= 11 is 0. The Morgan fingerprint density at radius 3 is 2.24 bits per heavy atom. The molecule has 0 aromatic heterocycles. The van der Waals surface area contributed by atoms with E-state index in [-0.39, 0.29) is 5.91 Å². The quantitative estimate of drug-likeness (QED) is 0.805. The summed E-state index contributed by atoms with van der Waals surface area (Å²) in [6, 6.07) is 12.3. The van der Waals surface area contributed by atoms with Crippen LogP contribution in [0.2, 0.25) is 0 Å². The number of nitrogens with one attached hydrogen (secondary N) is 2. The molecule has 0 aliphatic rings. The van der Waals surface area contributed by atoms with Gasteiger partial charge in [-0.15, -0.1) is 0 Å². The SMILES string of the molecule is CNc1ccccc1C(=O)Nc1cccc(C(N)=O)c1C. The fourth-order valence-electron chi connectivity index (χ4n) is 2.13. The number of primary amides is 1. The predicted octanol–water partition coefficient (Wildman–Crippen LogP) is 2.39. The van der Waals surface area contributed by atoms with Gasteiger partial charge in [-0.2, -0.15) is 0 Å². The lowest BCUT2D eigenvalue weighted by Gasteiger charge is -2.12. The molecule has 0 spiro atoms. The van der Waals surface area contributed by atoms with Gasteiger partial charge in [0.25, 0.3) is 5.91 Å². The van der Waals surface area contributed by atoms with Crippen molar-refractivity contribution < 1.29 is 9.59 Å². The monoisotopic (exact) mass is 283 g/mol. The summed E-state index contributed by atoms with van der Waals surface area (Å²) in [4.78, 5) is 23.7. The first-order chi connectivity index (χ1) is 10.0. The molecule has 0 aliphatic heterocycles. The van der Waals surface area contributed by atoms with Gasteiger partial charge in [0.1, 0.15) is 0 Å². The van der Waals surface area contributed by atoms with E-state index in [1.807, 2.05) is 12.1 Å². The van der Waals surface area contributed by atoms with Gasteiger partial charge in [0, 0.05) is 24.0 Å². The molecular formula is C16H17N3O2. The number of amides is 2. The van der Waals surface area contributed by atoms with Crippen LogP contribution in [0.4, 0.5) is 11.4 Å². The zero-order valence-corrected chi connectivity index (χ0v) is 11.9. The molecule has 2 aromatic carbocycles. The highest BCUT2D eigenvalue weighted by Crippen LogP contribution is 2.21. The van der Waals surface area contributed by atoms with E-state index in [0.29, 0.717) is 22.4 Å². The molecule has 0 atom stereocenters. The standard InChI is InChI=1S/C16H17N3O2/c1-10-11(15(17)20)7-5-9-13(10)19-16(21)12-6-3-4-8-14(12)18-2/h3-9,18H,1-2H3,(H2,17,20)(H,19,21). The van der Waals surface area contributed by atoms with Crippen molar-refractivity contribution in [2.75, 3.05) is 17.7 Å². The molecule has 0 bridgehead atoms. The minimum absolute atomic E-state index is 0.246. The third kappa shape index (κ3) is 3.02. The maximum Gasteiger partial charge on any atom is 0.257 e. The van der Waals surface area contributed by atoms with Crippen molar-refractivity contribution in [3.8, 4) is 0 Å². The van der Waals surface area contributed by atoms with Crippen molar-refractivity contribution >= 4 is 23.2 Å². The summed E-state index contributed by atoms with van der Waals surface area (Å²) in [5.74, 6) is -0.760. The normalized spacial score (nSPS) is 10.0. The number of carbonyl (C=O) groups is 2. The molecule has 2 aromatic rings. The van der Waals surface area contributed by atoms with Crippen LogP contribution in [-0.4, -0.2) is 18.9 Å². The van der Waals surface area contributed by atoms with Crippen LogP contribution in [0.3, 0.4) is 0 Å². The fraction of sp³-hybridized carbons (Fsp3) is 0.125. The predicted molar refractivity (Wildman–Crippen MR) is 83.6 cm³/mol. The Morgan fingerprint density at radius 1 is 0.952 bits per heavy atom. The molecule has 0 aliphatic carbocycles. The van der Waals surface area contributed by atoms with E-state index >= 15 is 0 Å². The minimum Gasteiger partial charge on any atom is -0.387 e. The Morgan fingerprint density at radius 2 is 1.57 bits per heavy atom. The molecule has 4 N–H and O–H groups in total. The van der Waals surface area contributed by atoms with E-state index < -0.39 is 5.91 Å². The van der Waals surface area contributed by atoms with Gasteiger partial charge in [-0.3, -0.25) is 9.59 Å². The molecule has 0 saturated carbocycles. The van der Waals surface area contributed by atoms with E-state index in [1.54, 1.807) is 44.3 Å². The van der Waals surface area contributed by atoms with Crippen LogP contribution in [0.1, 0.15) is 26.3 Å². The van der Waals surface area contributed by atoms with Crippen molar-refractivity contribution in [2.24, 2.45) is 5.73 Å². The molecule has 108 valence electrons. The van der Waals surface area contributed by atoms with Crippen molar-refractivity contribution in [1.82, 2.24) is 0 Å². The summed E-state index contributed by atoms with van der Waals surface area (Å²) in [5.41, 5.74) is 8.20. The molecule has 5 heteroatoms. The lowest BCUT2D eigenvalue weighted by molar-refractivity contribution is 0.0995. The second-order valence-electron chi connectivity index (χ2n) is 4.59. The van der Waals surface area contributed by atoms with E-state index in [4.69, 9.17) is 5.73 Å². The molecule has 2 rings (SSSR count). The number of hydrogen-bond donors (Lipinski definition) is 3. The maximum atomic E-state index is 12.4. The van der Waals surface area contributed by atoms with E-state index in [0.717, 1.165) is 5.69 Å². The van der Waals surface area contributed by atoms with E-state index in [1.165, 1.54) is 0 Å². The molecule has 0 fully saturated rings. The first kappa shape index (κ1) is 14.6. The Kier molecular flexibility index (Phi) is 4.23. The highest BCUT2D eigenvalue weighted by Gasteiger charge is 2.13. The Labute approximate surface area is 123 Å². The minimum atomic E-state index is -0.515. The van der Waals surface area contributed by atoms with Gasteiger partial charge < -0.3 is 16.4 Å². The number of rotatable bonds is 4. The maximum absolute atomic E-state index is 12.4. The number of anilines is 2. The summed E-state index contributed by atoms with van der Waals surface area (Å²) in [6.45, 7) is 1.75. The molecule has 0 radical (unpaired) electrons. The van der Waals surface area contributed by atoms with Crippen LogP contribution in [0.5, 0.6) is 0 Å². The van der Waals surface area contributed by atoms with Gasteiger partial charge in [-0.1, -0.05) is 18.2 Å². The second-order valence-corrected chi connectivity index (χ2v) is 4.59. The van der Waals surface area contributed by atoms with Crippen LogP contribution in [0.25, 0.3) is 0 Å². The first-order valence-corrected chi connectivity index (χ1v) is 6.52. The third-order valence-corrected chi connectivity index (χ3v) is 3.29. The third-order valence-electron chi connectivity index (χ3n) is 3.29. The van der Waals surface area contributed by atoms with Crippen molar-refractivity contribution in [3.63, 3.8) is 0 Å². The van der Waals surface area contributed by atoms with Crippen LogP contribution in [0.15, 0.2) is 42.5 Å². The Balaban J connectivity index is 2.32. The molecule has 0 saturated heterocycles. The topological polar surface area (TPSA) is 84.2 Å². The largest absolute Gasteiger partial charge is 0.387 e. The van der Waals surface area contributed by atoms with Gasteiger partial charge in [-0.25, -0.2) is 0 Å². The van der Waals surface area contributed by atoms with Crippen LogP contribution in [-0.2, 0) is 0 Å². The lowest BCUT2D eigenvalue weighted by atomic mass is 10.1. The van der Waals surface area contributed by atoms with Gasteiger partial charge >= 0.3 is 0 Å². The van der Waals surface area contributed by atoms with Crippen LogP contribution < -0.4 is 16.4 Å². The lowest BCUT2D eigenvalue weighted by Crippen LogP contribution is -2.17. The Bertz CT molecular complexity index is 696. The summed E-state index contributed by atoms with van der Waals surface area (Å²) in [6.07, 6.45) is 0. The molecule has 2 amide bonds. The van der Waals surface area contributed by atoms with Crippen LogP contribution >= 0.6 is 0 Å². The average molecular weight is 283 g/mol. The van der Waals surface area contributed by atoms with Crippen molar-refractivity contribution in [3.05, 3.63) is 59.2 Å². The fourth-order valence-corrected chi connectivity index (χ4v) is 2.13. The van der Waals surface area contributed by atoms with E-state index in [2.05, 4.69) is 10.6 Å². The van der Waals surface area contributed by atoms with Crippen LogP contribution in [0, 0.1) is 6.92 Å². The smallest absolute Gasteiger partial charge is 0.257 e. The molecule has 0 unspecified atom stereocenters. The van der Waals surface area contributed by atoms with Crippen molar-refractivity contribution in [2.45, 2.75) is 6.92 Å². The summed E-state index contributed by atoms with van der Waals surface area (Å²) in [5, 5.41) is 5.78. The molecule has 21 heavy (non-hydrogen) atoms. The van der Waals surface area contributed by atoms with Gasteiger partial charge in [-0.05, 0) is 36.8 Å².